The molecule has 0 atom stereocenters. The first-order valence-electron chi connectivity index (χ1n) is 8.37. The van der Waals surface area contributed by atoms with Crippen LogP contribution in [0.1, 0.15) is 17.5 Å². The number of hydrogen-bond donors (Lipinski definition) is 1. The van der Waals surface area contributed by atoms with Crippen LogP contribution in [-0.4, -0.2) is 38.6 Å². The first-order valence-corrected chi connectivity index (χ1v) is 8.78. The topological polar surface area (TPSA) is 52.1 Å². The fourth-order valence-corrected chi connectivity index (χ4v) is 3.26. The van der Waals surface area contributed by atoms with Gasteiger partial charge in [-0.3, -0.25) is 4.99 Å². The number of hydrogen-bond acceptors (Lipinski definition) is 5. The molecule has 3 rings (SSSR count). The zero-order valence-corrected chi connectivity index (χ0v) is 16.0. The molecule has 0 radical (unpaired) electrons. The van der Waals surface area contributed by atoms with Gasteiger partial charge in [-0.15, -0.1) is 0 Å². The average molecular weight is 370 g/mol. The number of ether oxygens (including phenoxy) is 3. The zero-order valence-electron chi connectivity index (χ0n) is 15.2. The van der Waals surface area contributed by atoms with E-state index < -0.39 is 0 Å². The largest absolute Gasteiger partial charge is 0.497 e. The lowest BCUT2D eigenvalue weighted by Crippen LogP contribution is -2.20. The van der Waals surface area contributed by atoms with Gasteiger partial charge in [0, 0.05) is 36.0 Å². The third kappa shape index (κ3) is 3.96. The predicted molar refractivity (Wildman–Crippen MR) is 108 cm³/mol. The monoisotopic (exact) mass is 370 g/mol. The van der Waals surface area contributed by atoms with Gasteiger partial charge in [0.25, 0.3) is 0 Å². The van der Waals surface area contributed by atoms with E-state index in [1.54, 1.807) is 21.3 Å². The molecule has 2 aromatic rings. The molecule has 0 bridgehead atoms. The van der Waals surface area contributed by atoms with Crippen molar-refractivity contribution in [1.82, 2.24) is 0 Å². The van der Waals surface area contributed by atoms with E-state index in [-0.39, 0.29) is 0 Å². The van der Waals surface area contributed by atoms with Crippen LogP contribution in [0, 0.1) is 0 Å². The highest BCUT2D eigenvalue weighted by Crippen LogP contribution is 2.33. The SMILES string of the molecule is COc1cccc(NC(=S)CC2=NCCc3cc(OC)c(OC)cc32)c1. The second-order valence-electron chi connectivity index (χ2n) is 5.90. The third-order valence-electron chi connectivity index (χ3n) is 4.29. The summed E-state index contributed by atoms with van der Waals surface area (Å²) in [5.74, 6) is 2.23. The van der Waals surface area contributed by atoms with Gasteiger partial charge < -0.3 is 19.5 Å². The van der Waals surface area contributed by atoms with Crippen molar-refractivity contribution in [3.05, 3.63) is 47.5 Å². The lowest BCUT2D eigenvalue weighted by Gasteiger charge is -2.20. The highest BCUT2D eigenvalue weighted by molar-refractivity contribution is 7.80. The van der Waals surface area contributed by atoms with Gasteiger partial charge in [-0.25, -0.2) is 0 Å². The fraction of sp³-hybridized carbons (Fsp3) is 0.300. The molecule has 0 unspecified atom stereocenters. The van der Waals surface area contributed by atoms with E-state index in [1.165, 1.54) is 5.56 Å². The van der Waals surface area contributed by atoms with Crippen LogP contribution >= 0.6 is 12.2 Å². The second-order valence-corrected chi connectivity index (χ2v) is 6.39. The number of methoxy groups -OCH3 is 3. The van der Waals surface area contributed by atoms with Crippen molar-refractivity contribution in [3.63, 3.8) is 0 Å². The van der Waals surface area contributed by atoms with E-state index in [0.29, 0.717) is 17.2 Å². The Hall–Kier alpha value is -2.60. The minimum absolute atomic E-state index is 0.565. The van der Waals surface area contributed by atoms with Gasteiger partial charge in [0.15, 0.2) is 11.5 Å². The molecule has 1 aliphatic rings. The zero-order chi connectivity index (χ0) is 18.5. The Morgan fingerprint density at radius 1 is 1.08 bits per heavy atom. The predicted octanol–water partition coefficient (Wildman–Crippen LogP) is 3.89. The van der Waals surface area contributed by atoms with Gasteiger partial charge in [-0.1, -0.05) is 18.3 Å². The molecular weight excluding hydrogens is 348 g/mol. The molecule has 0 spiro atoms. The average Bonchev–Trinajstić information content (AvgIpc) is 2.67. The molecule has 1 N–H and O–H groups in total. The third-order valence-corrected chi connectivity index (χ3v) is 4.53. The summed E-state index contributed by atoms with van der Waals surface area (Å²) >= 11 is 5.55. The number of fused-ring (bicyclic) bond motifs is 1. The molecular formula is C20H22N2O3S. The van der Waals surface area contributed by atoms with E-state index in [9.17, 15) is 0 Å². The molecule has 2 aromatic carbocycles. The van der Waals surface area contributed by atoms with Crippen molar-refractivity contribution in [2.45, 2.75) is 12.8 Å². The fourth-order valence-electron chi connectivity index (χ4n) is 3.00. The normalized spacial score (nSPS) is 12.7. The van der Waals surface area contributed by atoms with Crippen molar-refractivity contribution >= 4 is 28.6 Å². The standard InChI is InChI=1S/C20H22N2O3S/c1-23-15-6-4-5-14(10-15)22-20(26)12-17-16-11-19(25-3)18(24-2)9-13(16)7-8-21-17/h4-6,9-11H,7-8,12H2,1-3H3,(H,22,26). The van der Waals surface area contributed by atoms with Crippen LogP contribution in [0.4, 0.5) is 5.69 Å². The molecule has 136 valence electrons. The highest BCUT2D eigenvalue weighted by atomic mass is 32.1. The van der Waals surface area contributed by atoms with E-state index in [2.05, 4.69) is 10.3 Å². The highest BCUT2D eigenvalue weighted by Gasteiger charge is 2.19. The Labute approximate surface area is 159 Å². The van der Waals surface area contributed by atoms with E-state index in [1.807, 2.05) is 36.4 Å². The van der Waals surface area contributed by atoms with Crippen molar-refractivity contribution < 1.29 is 14.2 Å². The molecule has 1 aliphatic heterocycles. The summed E-state index contributed by atoms with van der Waals surface area (Å²) in [4.78, 5) is 5.39. The summed E-state index contributed by atoms with van der Waals surface area (Å²) in [5, 5.41) is 3.26. The molecule has 0 saturated carbocycles. The molecule has 26 heavy (non-hydrogen) atoms. The van der Waals surface area contributed by atoms with Crippen LogP contribution < -0.4 is 19.5 Å². The Morgan fingerprint density at radius 2 is 1.85 bits per heavy atom. The van der Waals surface area contributed by atoms with E-state index in [4.69, 9.17) is 26.4 Å². The van der Waals surface area contributed by atoms with Crippen LogP contribution in [0.5, 0.6) is 17.2 Å². The minimum atomic E-state index is 0.565. The molecule has 0 fully saturated rings. The van der Waals surface area contributed by atoms with E-state index in [0.717, 1.165) is 41.4 Å². The molecule has 5 nitrogen and oxygen atoms in total. The first kappa shape index (κ1) is 18.2. The molecule has 1 heterocycles. The second kappa shape index (κ2) is 8.19. The van der Waals surface area contributed by atoms with Crippen molar-refractivity contribution in [3.8, 4) is 17.2 Å². The van der Waals surface area contributed by atoms with E-state index >= 15 is 0 Å². The van der Waals surface area contributed by atoms with Crippen LogP contribution in [0.15, 0.2) is 41.4 Å². The lowest BCUT2D eigenvalue weighted by molar-refractivity contribution is 0.354. The maximum Gasteiger partial charge on any atom is 0.161 e. The number of thiocarbonyl (C=S) groups is 1. The van der Waals surface area contributed by atoms with Gasteiger partial charge in [0.1, 0.15) is 5.75 Å². The summed E-state index contributed by atoms with van der Waals surface area (Å²) in [6.07, 6.45) is 1.45. The smallest absolute Gasteiger partial charge is 0.161 e. The Bertz CT molecular complexity index is 849. The molecule has 0 aliphatic carbocycles. The number of aliphatic imine (C=N–C) groups is 1. The van der Waals surface area contributed by atoms with Crippen LogP contribution in [0.3, 0.4) is 0 Å². The molecule has 6 heteroatoms. The Morgan fingerprint density at radius 3 is 2.58 bits per heavy atom. The van der Waals surface area contributed by atoms with Gasteiger partial charge in [0.05, 0.1) is 26.3 Å². The summed E-state index contributed by atoms with van der Waals surface area (Å²) in [6.45, 7) is 0.750. The number of anilines is 1. The van der Waals surface area contributed by atoms with Gasteiger partial charge >= 0.3 is 0 Å². The summed E-state index contributed by atoms with van der Waals surface area (Å²) in [5.41, 5.74) is 4.14. The summed E-state index contributed by atoms with van der Waals surface area (Å²) in [7, 11) is 4.93. The maximum atomic E-state index is 5.55. The summed E-state index contributed by atoms with van der Waals surface area (Å²) in [6, 6.07) is 11.7. The minimum Gasteiger partial charge on any atom is -0.497 e. The summed E-state index contributed by atoms with van der Waals surface area (Å²) < 4.78 is 16.1. The number of nitrogens with one attached hydrogen (secondary N) is 1. The van der Waals surface area contributed by atoms with Crippen LogP contribution in [-0.2, 0) is 6.42 Å². The van der Waals surface area contributed by atoms with Crippen LogP contribution in [0.25, 0.3) is 0 Å². The van der Waals surface area contributed by atoms with Gasteiger partial charge in [0.2, 0.25) is 0 Å². The van der Waals surface area contributed by atoms with Gasteiger partial charge in [-0.2, -0.15) is 0 Å². The first-order chi connectivity index (χ1) is 12.6. The van der Waals surface area contributed by atoms with Gasteiger partial charge in [-0.05, 0) is 36.2 Å². The molecule has 0 saturated heterocycles. The quantitative estimate of drug-likeness (QED) is 0.782. The maximum absolute atomic E-state index is 5.55. The Kier molecular flexibility index (Phi) is 5.73. The van der Waals surface area contributed by atoms with Crippen molar-refractivity contribution in [1.29, 1.82) is 0 Å². The number of nitrogens with zero attached hydrogens (tertiary/aromatic N) is 1. The van der Waals surface area contributed by atoms with Crippen molar-refractivity contribution in [2.75, 3.05) is 33.2 Å². The van der Waals surface area contributed by atoms with Crippen molar-refractivity contribution in [2.24, 2.45) is 4.99 Å². The lowest BCUT2D eigenvalue weighted by atomic mass is 9.95. The number of rotatable bonds is 6. The number of benzene rings is 2. The molecule has 0 amide bonds. The van der Waals surface area contributed by atoms with Crippen LogP contribution in [0.2, 0.25) is 0 Å². The molecule has 0 aromatic heterocycles. The Balaban J connectivity index is 1.78.